The SMILES string of the molecule is Nc1cc(Nc2ccccc2)ccc1[N+](=O)[O-]. The van der Waals surface area contributed by atoms with Crippen molar-refractivity contribution in [3.8, 4) is 0 Å². The van der Waals surface area contributed by atoms with Crippen molar-refractivity contribution in [1.82, 2.24) is 0 Å². The summed E-state index contributed by atoms with van der Waals surface area (Å²) in [7, 11) is 0. The Morgan fingerprint density at radius 3 is 2.35 bits per heavy atom. The number of nitrogens with one attached hydrogen (secondary N) is 1. The molecule has 2 aromatic carbocycles. The minimum Gasteiger partial charge on any atom is -0.393 e. The molecule has 0 fully saturated rings. The number of para-hydroxylation sites is 1. The number of benzene rings is 2. The van der Waals surface area contributed by atoms with Gasteiger partial charge in [0.1, 0.15) is 5.69 Å². The number of hydrogen-bond acceptors (Lipinski definition) is 4. The smallest absolute Gasteiger partial charge is 0.292 e. The molecule has 5 heteroatoms. The molecule has 0 aliphatic heterocycles. The lowest BCUT2D eigenvalue weighted by atomic mass is 10.2. The van der Waals surface area contributed by atoms with Crippen LogP contribution in [0.15, 0.2) is 48.5 Å². The van der Waals surface area contributed by atoms with Gasteiger partial charge in [-0.1, -0.05) is 18.2 Å². The van der Waals surface area contributed by atoms with Gasteiger partial charge >= 0.3 is 0 Å². The van der Waals surface area contributed by atoms with Crippen LogP contribution in [0.4, 0.5) is 22.7 Å². The molecule has 0 atom stereocenters. The molecule has 17 heavy (non-hydrogen) atoms. The van der Waals surface area contributed by atoms with Crippen molar-refractivity contribution < 1.29 is 4.92 Å². The van der Waals surface area contributed by atoms with Gasteiger partial charge in [-0.05, 0) is 24.3 Å². The molecule has 0 heterocycles. The number of nitrogen functional groups attached to an aromatic ring is 1. The van der Waals surface area contributed by atoms with Gasteiger partial charge in [0.25, 0.3) is 5.69 Å². The Hall–Kier alpha value is -2.56. The van der Waals surface area contributed by atoms with Crippen LogP contribution in [-0.2, 0) is 0 Å². The number of anilines is 3. The molecule has 0 spiro atoms. The monoisotopic (exact) mass is 229 g/mol. The normalized spacial score (nSPS) is 9.88. The molecule has 0 aromatic heterocycles. The number of hydrogen-bond donors (Lipinski definition) is 2. The van der Waals surface area contributed by atoms with Gasteiger partial charge in [0.05, 0.1) is 4.92 Å². The van der Waals surface area contributed by atoms with Crippen molar-refractivity contribution in [1.29, 1.82) is 0 Å². The maximum atomic E-state index is 10.6. The van der Waals surface area contributed by atoms with Crippen molar-refractivity contribution in [3.63, 3.8) is 0 Å². The summed E-state index contributed by atoms with van der Waals surface area (Å²) in [5, 5.41) is 13.7. The van der Waals surface area contributed by atoms with Gasteiger partial charge in [-0.3, -0.25) is 10.1 Å². The lowest BCUT2D eigenvalue weighted by Crippen LogP contribution is -1.97. The molecule has 2 aromatic rings. The first-order valence-corrected chi connectivity index (χ1v) is 5.03. The molecule has 0 aliphatic carbocycles. The largest absolute Gasteiger partial charge is 0.393 e. The van der Waals surface area contributed by atoms with E-state index in [1.807, 2.05) is 30.3 Å². The van der Waals surface area contributed by atoms with Crippen LogP contribution >= 0.6 is 0 Å². The fraction of sp³-hybridized carbons (Fsp3) is 0. The summed E-state index contributed by atoms with van der Waals surface area (Å²) < 4.78 is 0. The van der Waals surface area contributed by atoms with E-state index in [1.165, 1.54) is 6.07 Å². The van der Waals surface area contributed by atoms with Crippen molar-refractivity contribution in [2.45, 2.75) is 0 Å². The summed E-state index contributed by atoms with van der Waals surface area (Å²) >= 11 is 0. The second kappa shape index (κ2) is 4.52. The summed E-state index contributed by atoms with van der Waals surface area (Å²) in [6.45, 7) is 0. The number of rotatable bonds is 3. The zero-order valence-corrected chi connectivity index (χ0v) is 8.96. The van der Waals surface area contributed by atoms with Gasteiger partial charge in [0, 0.05) is 17.4 Å². The van der Waals surface area contributed by atoms with Crippen molar-refractivity contribution in [3.05, 3.63) is 58.6 Å². The van der Waals surface area contributed by atoms with Gasteiger partial charge in [-0.2, -0.15) is 0 Å². The molecule has 0 radical (unpaired) electrons. The Bertz CT molecular complexity index is 541. The third-order valence-electron chi connectivity index (χ3n) is 2.29. The van der Waals surface area contributed by atoms with Gasteiger partial charge in [-0.25, -0.2) is 0 Å². The van der Waals surface area contributed by atoms with Gasteiger partial charge < -0.3 is 11.1 Å². The molecular weight excluding hydrogens is 218 g/mol. The Kier molecular flexibility index (Phi) is 2.91. The van der Waals surface area contributed by atoms with Crippen LogP contribution in [0.25, 0.3) is 0 Å². The average molecular weight is 229 g/mol. The summed E-state index contributed by atoms with van der Waals surface area (Å²) in [4.78, 5) is 10.1. The maximum Gasteiger partial charge on any atom is 0.292 e. The topological polar surface area (TPSA) is 81.2 Å². The summed E-state index contributed by atoms with van der Waals surface area (Å²) in [5.74, 6) is 0. The first-order valence-electron chi connectivity index (χ1n) is 5.03. The highest BCUT2D eigenvalue weighted by Crippen LogP contribution is 2.26. The van der Waals surface area contributed by atoms with E-state index in [9.17, 15) is 10.1 Å². The minimum absolute atomic E-state index is 0.0800. The van der Waals surface area contributed by atoms with Crippen LogP contribution < -0.4 is 11.1 Å². The van der Waals surface area contributed by atoms with E-state index in [0.29, 0.717) is 0 Å². The average Bonchev–Trinajstić information content (AvgIpc) is 2.30. The van der Waals surface area contributed by atoms with Crippen LogP contribution in [0.3, 0.4) is 0 Å². The third kappa shape index (κ3) is 2.52. The van der Waals surface area contributed by atoms with Gasteiger partial charge in [0.15, 0.2) is 0 Å². The summed E-state index contributed by atoms with van der Waals surface area (Å²) in [5.41, 5.74) is 7.29. The van der Waals surface area contributed by atoms with Crippen molar-refractivity contribution in [2.75, 3.05) is 11.1 Å². The lowest BCUT2D eigenvalue weighted by Gasteiger charge is -2.06. The van der Waals surface area contributed by atoms with E-state index < -0.39 is 4.92 Å². The Morgan fingerprint density at radius 2 is 1.76 bits per heavy atom. The molecule has 0 amide bonds. The van der Waals surface area contributed by atoms with E-state index in [0.717, 1.165) is 11.4 Å². The number of nitro benzene ring substituents is 1. The van der Waals surface area contributed by atoms with E-state index in [-0.39, 0.29) is 11.4 Å². The molecule has 0 bridgehead atoms. The standard InChI is InChI=1S/C12H11N3O2/c13-11-8-10(6-7-12(11)15(16)17)14-9-4-2-1-3-5-9/h1-8,14H,13H2. The maximum absolute atomic E-state index is 10.6. The van der Waals surface area contributed by atoms with Crippen molar-refractivity contribution in [2.24, 2.45) is 0 Å². The van der Waals surface area contributed by atoms with E-state index in [2.05, 4.69) is 5.32 Å². The first kappa shape index (κ1) is 10.9. The molecular formula is C12H11N3O2. The second-order valence-electron chi connectivity index (χ2n) is 3.52. The van der Waals surface area contributed by atoms with Gasteiger partial charge in [0.2, 0.25) is 0 Å². The Balaban J connectivity index is 2.24. The van der Waals surface area contributed by atoms with E-state index in [4.69, 9.17) is 5.73 Å². The molecule has 86 valence electrons. The summed E-state index contributed by atoms with van der Waals surface area (Å²) in [6.07, 6.45) is 0. The number of nitrogens with zero attached hydrogens (tertiary/aromatic N) is 1. The fourth-order valence-electron chi connectivity index (χ4n) is 1.49. The molecule has 0 saturated heterocycles. The first-order chi connectivity index (χ1) is 8.16. The van der Waals surface area contributed by atoms with E-state index in [1.54, 1.807) is 12.1 Å². The lowest BCUT2D eigenvalue weighted by molar-refractivity contribution is -0.383. The van der Waals surface area contributed by atoms with Crippen LogP contribution in [0.1, 0.15) is 0 Å². The minimum atomic E-state index is -0.498. The predicted molar refractivity (Wildman–Crippen MR) is 67.2 cm³/mol. The summed E-state index contributed by atoms with van der Waals surface area (Å²) in [6, 6.07) is 14.1. The molecule has 5 nitrogen and oxygen atoms in total. The zero-order chi connectivity index (χ0) is 12.3. The highest BCUT2D eigenvalue weighted by molar-refractivity contribution is 5.69. The van der Waals surface area contributed by atoms with E-state index >= 15 is 0 Å². The predicted octanol–water partition coefficient (Wildman–Crippen LogP) is 2.92. The second-order valence-corrected chi connectivity index (χ2v) is 3.52. The Labute approximate surface area is 98.0 Å². The van der Waals surface area contributed by atoms with Crippen LogP contribution in [0.2, 0.25) is 0 Å². The Morgan fingerprint density at radius 1 is 1.06 bits per heavy atom. The highest BCUT2D eigenvalue weighted by Gasteiger charge is 2.10. The molecule has 0 aliphatic rings. The third-order valence-corrected chi connectivity index (χ3v) is 2.29. The molecule has 3 N–H and O–H groups in total. The van der Waals surface area contributed by atoms with Crippen LogP contribution in [0.5, 0.6) is 0 Å². The molecule has 0 saturated carbocycles. The van der Waals surface area contributed by atoms with Crippen LogP contribution in [-0.4, -0.2) is 4.92 Å². The zero-order valence-electron chi connectivity index (χ0n) is 8.96. The van der Waals surface area contributed by atoms with Crippen molar-refractivity contribution >= 4 is 22.7 Å². The fourth-order valence-corrected chi connectivity index (χ4v) is 1.49. The number of nitro groups is 1. The van der Waals surface area contributed by atoms with Gasteiger partial charge in [-0.15, -0.1) is 0 Å². The quantitative estimate of drug-likeness (QED) is 0.481. The highest BCUT2D eigenvalue weighted by atomic mass is 16.6. The van der Waals surface area contributed by atoms with Crippen LogP contribution in [0, 0.1) is 10.1 Å². The number of nitrogens with two attached hydrogens (primary N) is 1. The molecule has 2 rings (SSSR count). The molecule has 0 unspecified atom stereocenters.